The van der Waals surface area contributed by atoms with Crippen molar-refractivity contribution in [1.82, 2.24) is 10.6 Å². The molecule has 1 aromatic rings. The third kappa shape index (κ3) is 2.64. The molecule has 1 heterocycles. The third-order valence-corrected chi connectivity index (χ3v) is 4.74. The molecule has 0 saturated heterocycles. The summed E-state index contributed by atoms with van der Waals surface area (Å²) in [5.41, 5.74) is 1.73. The summed E-state index contributed by atoms with van der Waals surface area (Å²) in [7, 11) is 0. The molecule has 0 bridgehead atoms. The molecule has 1 unspecified atom stereocenters. The molecule has 2 N–H and O–H groups in total. The Hall–Kier alpha value is -1.03. The maximum atomic E-state index is 4.47. The van der Waals surface area contributed by atoms with Crippen molar-refractivity contribution < 1.29 is 0 Å². The topological polar surface area (TPSA) is 36.4 Å². The lowest BCUT2D eigenvalue weighted by molar-refractivity contribution is 0.244. The SMILES string of the molecule is CC1CN=C(NCC2(c3cccc(Br)c3)CCC2)N1. The van der Waals surface area contributed by atoms with Crippen LogP contribution in [0.4, 0.5) is 0 Å². The van der Waals surface area contributed by atoms with Crippen LogP contribution in [-0.2, 0) is 5.41 Å². The summed E-state index contributed by atoms with van der Waals surface area (Å²) < 4.78 is 1.17. The highest BCUT2D eigenvalue weighted by molar-refractivity contribution is 9.10. The van der Waals surface area contributed by atoms with Gasteiger partial charge in [0.25, 0.3) is 0 Å². The molecule has 1 saturated carbocycles. The van der Waals surface area contributed by atoms with Crippen molar-refractivity contribution in [3.05, 3.63) is 34.3 Å². The molecule has 0 amide bonds. The molecule has 3 rings (SSSR count). The Labute approximate surface area is 123 Å². The highest BCUT2D eigenvalue weighted by Gasteiger charge is 2.38. The number of benzene rings is 1. The van der Waals surface area contributed by atoms with Gasteiger partial charge < -0.3 is 10.6 Å². The Kier molecular flexibility index (Phi) is 3.52. The number of rotatable bonds is 3. The second kappa shape index (κ2) is 5.16. The summed E-state index contributed by atoms with van der Waals surface area (Å²) in [5.74, 6) is 0.966. The van der Waals surface area contributed by atoms with E-state index in [-0.39, 0.29) is 0 Å². The minimum atomic E-state index is 0.291. The van der Waals surface area contributed by atoms with Crippen molar-refractivity contribution in [2.45, 2.75) is 37.6 Å². The predicted molar refractivity (Wildman–Crippen MR) is 82.6 cm³/mol. The number of nitrogens with zero attached hydrogens (tertiary/aromatic N) is 1. The van der Waals surface area contributed by atoms with Gasteiger partial charge in [-0.25, -0.2) is 0 Å². The predicted octanol–water partition coefficient (Wildman–Crippen LogP) is 2.81. The molecule has 19 heavy (non-hydrogen) atoms. The van der Waals surface area contributed by atoms with Crippen molar-refractivity contribution in [3.8, 4) is 0 Å². The first-order chi connectivity index (χ1) is 9.18. The third-order valence-electron chi connectivity index (χ3n) is 4.25. The van der Waals surface area contributed by atoms with Crippen molar-refractivity contribution in [2.24, 2.45) is 4.99 Å². The number of hydrogen-bond acceptors (Lipinski definition) is 3. The second-order valence-corrected chi connectivity index (χ2v) is 6.65. The fourth-order valence-electron chi connectivity index (χ4n) is 2.90. The molecule has 1 aromatic carbocycles. The minimum Gasteiger partial charge on any atom is -0.356 e. The molecule has 1 fully saturated rings. The van der Waals surface area contributed by atoms with Gasteiger partial charge in [0.15, 0.2) is 5.96 Å². The van der Waals surface area contributed by atoms with Crippen molar-refractivity contribution in [1.29, 1.82) is 0 Å². The summed E-state index contributed by atoms with van der Waals surface area (Å²) in [6.07, 6.45) is 3.85. The standard InChI is InChI=1S/C15H20BrN3/c1-11-9-17-14(19-11)18-10-15(6-3-7-15)12-4-2-5-13(16)8-12/h2,4-5,8,11H,3,6-7,9-10H2,1H3,(H2,17,18,19). The van der Waals surface area contributed by atoms with E-state index in [1.54, 1.807) is 0 Å². The average molecular weight is 322 g/mol. The average Bonchev–Trinajstić information content (AvgIpc) is 2.74. The van der Waals surface area contributed by atoms with E-state index in [2.05, 4.69) is 62.7 Å². The highest BCUT2D eigenvalue weighted by Crippen LogP contribution is 2.43. The van der Waals surface area contributed by atoms with Gasteiger partial charge in [0.05, 0.1) is 6.54 Å². The van der Waals surface area contributed by atoms with E-state index in [0.717, 1.165) is 19.0 Å². The first-order valence-electron chi connectivity index (χ1n) is 6.99. The van der Waals surface area contributed by atoms with E-state index in [1.807, 2.05) is 0 Å². The highest BCUT2D eigenvalue weighted by atomic mass is 79.9. The largest absolute Gasteiger partial charge is 0.356 e. The monoisotopic (exact) mass is 321 g/mol. The molecule has 1 atom stereocenters. The van der Waals surface area contributed by atoms with Gasteiger partial charge in [-0.2, -0.15) is 0 Å². The van der Waals surface area contributed by atoms with E-state index in [4.69, 9.17) is 0 Å². The number of guanidine groups is 1. The maximum Gasteiger partial charge on any atom is 0.191 e. The molecule has 4 heteroatoms. The number of aliphatic imine (C=N–C) groups is 1. The number of hydrogen-bond donors (Lipinski definition) is 2. The molecular weight excluding hydrogens is 302 g/mol. The smallest absolute Gasteiger partial charge is 0.191 e. The van der Waals surface area contributed by atoms with Gasteiger partial charge in [-0.05, 0) is 37.5 Å². The molecule has 1 aliphatic heterocycles. The van der Waals surface area contributed by atoms with Gasteiger partial charge in [0.1, 0.15) is 0 Å². The minimum absolute atomic E-state index is 0.291. The van der Waals surface area contributed by atoms with Gasteiger partial charge in [0, 0.05) is 22.5 Å². The zero-order valence-corrected chi connectivity index (χ0v) is 12.8. The lowest BCUT2D eigenvalue weighted by atomic mass is 9.64. The normalized spacial score (nSPS) is 24.3. The quantitative estimate of drug-likeness (QED) is 0.898. The van der Waals surface area contributed by atoms with Gasteiger partial charge in [-0.15, -0.1) is 0 Å². The molecular formula is C15H20BrN3. The van der Waals surface area contributed by atoms with Crippen LogP contribution in [0.1, 0.15) is 31.7 Å². The Morgan fingerprint density at radius 2 is 2.32 bits per heavy atom. The zero-order valence-electron chi connectivity index (χ0n) is 11.2. The molecule has 3 nitrogen and oxygen atoms in total. The van der Waals surface area contributed by atoms with E-state index in [1.165, 1.54) is 29.3 Å². The van der Waals surface area contributed by atoms with Crippen LogP contribution in [0.5, 0.6) is 0 Å². The van der Waals surface area contributed by atoms with E-state index in [9.17, 15) is 0 Å². The molecule has 1 aliphatic carbocycles. The fraction of sp³-hybridized carbons (Fsp3) is 0.533. The van der Waals surface area contributed by atoms with Crippen molar-refractivity contribution in [2.75, 3.05) is 13.1 Å². The second-order valence-electron chi connectivity index (χ2n) is 5.73. The van der Waals surface area contributed by atoms with Gasteiger partial charge in [-0.3, -0.25) is 4.99 Å². The summed E-state index contributed by atoms with van der Waals surface area (Å²) in [4.78, 5) is 4.47. The van der Waals surface area contributed by atoms with Gasteiger partial charge >= 0.3 is 0 Å². The Bertz CT molecular complexity index is 494. The van der Waals surface area contributed by atoms with Crippen LogP contribution in [-0.4, -0.2) is 25.1 Å². The lowest BCUT2D eigenvalue weighted by Crippen LogP contribution is -2.48. The first kappa shape index (κ1) is 13.0. The van der Waals surface area contributed by atoms with Crippen LogP contribution >= 0.6 is 15.9 Å². The Balaban J connectivity index is 1.70. The maximum absolute atomic E-state index is 4.47. The molecule has 2 aliphatic rings. The van der Waals surface area contributed by atoms with Crippen LogP contribution in [0, 0.1) is 0 Å². The van der Waals surface area contributed by atoms with Gasteiger partial charge in [0.2, 0.25) is 0 Å². The van der Waals surface area contributed by atoms with Crippen molar-refractivity contribution in [3.63, 3.8) is 0 Å². The van der Waals surface area contributed by atoms with Crippen LogP contribution in [0.15, 0.2) is 33.7 Å². The lowest BCUT2D eigenvalue weighted by Gasteiger charge is -2.43. The number of nitrogens with one attached hydrogen (secondary N) is 2. The first-order valence-corrected chi connectivity index (χ1v) is 7.78. The van der Waals surface area contributed by atoms with Crippen LogP contribution in [0.3, 0.4) is 0 Å². The van der Waals surface area contributed by atoms with E-state index >= 15 is 0 Å². The molecule has 0 aromatic heterocycles. The zero-order chi connectivity index (χ0) is 13.3. The van der Waals surface area contributed by atoms with Crippen LogP contribution < -0.4 is 10.6 Å². The summed E-state index contributed by atoms with van der Waals surface area (Å²) in [6, 6.07) is 9.19. The van der Waals surface area contributed by atoms with Crippen molar-refractivity contribution >= 4 is 21.9 Å². The summed E-state index contributed by atoms with van der Waals surface area (Å²) in [5, 5.41) is 6.86. The van der Waals surface area contributed by atoms with E-state index in [0.29, 0.717) is 11.5 Å². The Morgan fingerprint density at radius 3 is 2.89 bits per heavy atom. The molecule has 102 valence electrons. The number of halogens is 1. The summed E-state index contributed by atoms with van der Waals surface area (Å²) >= 11 is 3.58. The van der Waals surface area contributed by atoms with Gasteiger partial charge in [-0.1, -0.05) is 34.5 Å². The molecule has 0 spiro atoms. The van der Waals surface area contributed by atoms with Crippen LogP contribution in [0.25, 0.3) is 0 Å². The fourth-order valence-corrected chi connectivity index (χ4v) is 3.30. The summed E-state index contributed by atoms with van der Waals surface area (Å²) in [6.45, 7) is 4.01. The Morgan fingerprint density at radius 1 is 1.47 bits per heavy atom. The van der Waals surface area contributed by atoms with E-state index < -0.39 is 0 Å². The van der Waals surface area contributed by atoms with Crippen LogP contribution in [0.2, 0.25) is 0 Å². The molecule has 0 radical (unpaired) electrons.